The number of aliphatic carboxylic acids is 1. The summed E-state index contributed by atoms with van der Waals surface area (Å²) >= 11 is 0. The third-order valence-corrected chi connectivity index (χ3v) is 2.70. The first-order valence-corrected chi connectivity index (χ1v) is 5.82. The Balaban J connectivity index is 3.11. The van der Waals surface area contributed by atoms with Gasteiger partial charge in [0.05, 0.1) is 16.6 Å². The van der Waals surface area contributed by atoms with Crippen LogP contribution in [0, 0.1) is 27.7 Å². The first-order valence-electron chi connectivity index (χ1n) is 5.82. The standard InChI is InChI=1S/C12H12F2N2O5/c1-5(2)10(12(18)19)15-11(17)6-3-8(14)9(16(20)21)4-7(6)13/h3-5,10H,1-2H3,(H,15,17)(H,18,19)/t10-/m1/s1. The fourth-order valence-electron chi connectivity index (χ4n) is 1.58. The highest BCUT2D eigenvalue weighted by Gasteiger charge is 2.27. The molecule has 0 aliphatic rings. The predicted octanol–water partition coefficient (Wildman–Crippen LogP) is 1.71. The normalized spacial score (nSPS) is 12.0. The molecule has 1 amide bonds. The van der Waals surface area contributed by atoms with Gasteiger partial charge in [0.25, 0.3) is 5.91 Å². The van der Waals surface area contributed by atoms with Gasteiger partial charge < -0.3 is 10.4 Å². The second-order valence-electron chi connectivity index (χ2n) is 4.57. The van der Waals surface area contributed by atoms with Crippen molar-refractivity contribution in [2.75, 3.05) is 0 Å². The summed E-state index contributed by atoms with van der Waals surface area (Å²) in [5.74, 6) is -5.68. The number of amides is 1. The van der Waals surface area contributed by atoms with E-state index in [4.69, 9.17) is 5.11 Å². The highest BCUT2D eigenvalue weighted by molar-refractivity contribution is 5.97. The molecule has 0 saturated heterocycles. The molecule has 0 radical (unpaired) electrons. The topological polar surface area (TPSA) is 110 Å². The molecule has 1 atom stereocenters. The molecular formula is C12H12F2N2O5. The van der Waals surface area contributed by atoms with E-state index in [1.54, 1.807) is 0 Å². The lowest BCUT2D eigenvalue weighted by Gasteiger charge is -2.18. The number of hydrogen-bond acceptors (Lipinski definition) is 4. The maximum absolute atomic E-state index is 13.6. The molecule has 0 heterocycles. The number of carboxylic acids is 1. The molecule has 21 heavy (non-hydrogen) atoms. The number of benzene rings is 1. The zero-order chi connectivity index (χ0) is 16.3. The van der Waals surface area contributed by atoms with E-state index in [1.165, 1.54) is 13.8 Å². The van der Waals surface area contributed by atoms with E-state index in [-0.39, 0.29) is 6.07 Å². The summed E-state index contributed by atoms with van der Waals surface area (Å²) in [7, 11) is 0. The lowest BCUT2D eigenvalue weighted by atomic mass is 10.0. The van der Waals surface area contributed by atoms with Gasteiger partial charge in [-0.3, -0.25) is 14.9 Å². The zero-order valence-electron chi connectivity index (χ0n) is 11.1. The number of halogens is 2. The van der Waals surface area contributed by atoms with Crippen LogP contribution in [0.4, 0.5) is 14.5 Å². The van der Waals surface area contributed by atoms with Crippen LogP contribution in [0.15, 0.2) is 12.1 Å². The predicted molar refractivity (Wildman–Crippen MR) is 66.7 cm³/mol. The van der Waals surface area contributed by atoms with E-state index in [9.17, 15) is 28.5 Å². The van der Waals surface area contributed by atoms with Crippen LogP contribution in [0.3, 0.4) is 0 Å². The molecule has 0 aromatic heterocycles. The lowest BCUT2D eigenvalue weighted by Crippen LogP contribution is -2.44. The van der Waals surface area contributed by atoms with Gasteiger partial charge >= 0.3 is 11.7 Å². The lowest BCUT2D eigenvalue weighted by molar-refractivity contribution is -0.387. The van der Waals surface area contributed by atoms with Gasteiger partial charge in [0.15, 0.2) is 0 Å². The summed E-state index contributed by atoms with van der Waals surface area (Å²) in [6.45, 7) is 3.04. The van der Waals surface area contributed by atoms with E-state index in [0.717, 1.165) is 0 Å². The number of hydrogen-bond donors (Lipinski definition) is 2. The number of nitrogens with one attached hydrogen (secondary N) is 1. The van der Waals surface area contributed by atoms with Crippen LogP contribution in [0.25, 0.3) is 0 Å². The van der Waals surface area contributed by atoms with E-state index in [0.29, 0.717) is 6.07 Å². The van der Waals surface area contributed by atoms with Crippen molar-refractivity contribution in [1.29, 1.82) is 0 Å². The minimum Gasteiger partial charge on any atom is -0.480 e. The minimum atomic E-state index is -1.39. The molecule has 0 aliphatic carbocycles. The molecule has 0 fully saturated rings. The Bertz CT molecular complexity index is 604. The van der Waals surface area contributed by atoms with Crippen LogP contribution < -0.4 is 5.32 Å². The van der Waals surface area contributed by atoms with Crippen LogP contribution in [0.2, 0.25) is 0 Å². The summed E-state index contributed by atoms with van der Waals surface area (Å²) < 4.78 is 27.0. The Labute approximate surface area is 117 Å². The molecule has 0 spiro atoms. The van der Waals surface area contributed by atoms with Crippen molar-refractivity contribution >= 4 is 17.6 Å². The second kappa shape index (κ2) is 6.25. The highest BCUT2D eigenvalue weighted by atomic mass is 19.1. The van der Waals surface area contributed by atoms with Crippen LogP contribution in [-0.2, 0) is 4.79 Å². The molecule has 7 nitrogen and oxygen atoms in total. The van der Waals surface area contributed by atoms with Crippen molar-refractivity contribution in [3.63, 3.8) is 0 Å². The third kappa shape index (κ3) is 3.71. The van der Waals surface area contributed by atoms with Gasteiger partial charge in [0, 0.05) is 0 Å². The summed E-state index contributed by atoms with van der Waals surface area (Å²) in [4.78, 5) is 32.0. The molecule has 1 aromatic carbocycles. The highest BCUT2D eigenvalue weighted by Crippen LogP contribution is 2.21. The minimum absolute atomic E-state index is 0.273. The Hall–Kier alpha value is -2.58. The first kappa shape index (κ1) is 16.5. The molecule has 1 rings (SSSR count). The van der Waals surface area contributed by atoms with Gasteiger partial charge in [-0.05, 0) is 12.0 Å². The third-order valence-electron chi connectivity index (χ3n) is 2.70. The van der Waals surface area contributed by atoms with Crippen LogP contribution >= 0.6 is 0 Å². The number of carboxylic acid groups (broad SMARTS) is 1. The van der Waals surface area contributed by atoms with E-state index < -0.39 is 51.6 Å². The van der Waals surface area contributed by atoms with Gasteiger partial charge in [-0.1, -0.05) is 13.8 Å². The van der Waals surface area contributed by atoms with Crippen molar-refractivity contribution < 1.29 is 28.4 Å². The molecule has 0 unspecified atom stereocenters. The summed E-state index contributed by atoms with van der Waals surface area (Å²) in [6.07, 6.45) is 0. The number of carbonyl (C=O) groups is 2. The van der Waals surface area contributed by atoms with Crippen LogP contribution in [0.1, 0.15) is 24.2 Å². The average Bonchev–Trinajstić information content (AvgIpc) is 2.36. The second-order valence-corrected chi connectivity index (χ2v) is 4.57. The van der Waals surface area contributed by atoms with Crippen molar-refractivity contribution in [3.05, 3.63) is 39.4 Å². The van der Waals surface area contributed by atoms with Gasteiger partial charge in [-0.15, -0.1) is 0 Å². The van der Waals surface area contributed by atoms with Gasteiger partial charge in [-0.2, -0.15) is 4.39 Å². The van der Waals surface area contributed by atoms with Crippen LogP contribution in [0.5, 0.6) is 0 Å². The summed E-state index contributed by atoms with van der Waals surface area (Å²) in [5.41, 5.74) is -1.91. The van der Waals surface area contributed by atoms with E-state index >= 15 is 0 Å². The Morgan fingerprint density at radius 3 is 2.29 bits per heavy atom. The molecule has 1 aromatic rings. The number of nitro benzene ring substituents is 1. The number of carbonyl (C=O) groups excluding carboxylic acids is 1. The van der Waals surface area contributed by atoms with Crippen molar-refractivity contribution in [1.82, 2.24) is 5.32 Å². The van der Waals surface area contributed by atoms with Crippen molar-refractivity contribution in [2.24, 2.45) is 5.92 Å². The number of nitrogens with zero attached hydrogens (tertiary/aromatic N) is 1. The Morgan fingerprint density at radius 2 is 1.86 bits per heavy atom. The quantitative estimate of drug-likeness (QED) is 0.635. The Kier molecular flexibility index (Phi) is 4.90. The van der Waals surface area contributed by atoms with E-state index in [2.05, 4.69) is 0 Å². The largest absolute Gasteiger partial charge is 0.480 e. The first-order chi connectivity index (χ1) is 9.65. The molecule has 9 heteroatoms. The number of nitro groups is 1. The van der Waals surface area contributed by atoms with Crippen LogP contribution in [-0.4, -0.2) is 27.9 Å². The zero-order valence-corrected chi connectivity index (χ0v) is 11.1. The maximum atomic E-state index is 13.6. The molecule has 0 aliphatic heterocycles. The fraction of sp³-hybridized carbons (Fsp3) is 0.333. The van der Waals surface area contributed by atoms with Gasteiger partial charge in [0.1, 0.15) is 11.9 Å². The van der Waals surface area contributed by atoms with Gasteiger partial charge in [0.2, 0.25) is 5.82 Å². The molecule has 0 saturated carbocycles. The van der Waals surface area contributed by atoms with E-state index in [1.807, 2.05) is 5.32 Å². The fourth-order valence-corrected chi connectivity index (χ4v) is 1.58. The monoisotopic (exact) mass is 302 g/mol. The molecule has 114 valence electrons. The van der Waals surface area contributed by atoms with Gasteiger partial charge in [-0.25, -0.2) is 9.18 Å². The van der Waals surface area contributed by atoms with Crippen molar-refractivity contribution in [2.45, 2.75) is 19.9 Å². The molecular weight excluding hydrogens is 290 g/mol. The summed E-state index contributed by atoms with van der Waals surface area (Å²) in [5, 5.41) is 21.4. The Morgan fingerprint density at radius 1 is 1.29 bits per heavy atom. The summed E-state index contributed by atoms with van der Waals surface area (Å²) in [6, 6.07) is -0.660. The average molecular weight is 302 g/mol. The smallest absolute Gasteiger partial charge is 0.326 e. The molecule has 2 N–H and O–H groups in total. The molecule has 0 bridgehead atoms. The SMILES string of the molecule is CC(C)[C@@H](NC(=O)c1cc(F)c([N+](=O)[O-])cc1F)C(=O)O. The number of rotatable bonds is 5. The maximum Gasteiger partial charge on any atom is 0.326 e. The van der Waals surface area contributed by atoms with Crippen molar-refractivity contribution in [3.8, 4) is 0 Å².